The minimum Gasteiger partial charge on any atom is -0.352 e. The molecule has 0 radical (unpaired) electrons. The van der Waals surface area contributed by atoms with Crippen LogP contribution in [0, 0.1) is 6.92 Å². The van der Waals surface area contributed by atoms with Gasteiger partial charge in [0.2, 0.25) is 5.91 Å². The number of hydrogen-bond donors (Lipinski definition) is 1. The van der Waals surface area contributed by atoms with E-state index in [9.17, 15) is 9.59 Å². The highest BCUT2D eigenvalue weighted by atomic mass is 16.2. The van der Waals surface area contributed by atoms with Gasteiger partial charge in [-0.25, -0.2) is 4.52 Å². The highest BCUT2D eigenvalue weighted by Gasteiger charge is 2.18. The Kier molecular flexibility index (Phi) is 4.49. The fraction of sp³-hybridized carbons (Fsp3) is 0.450. The van der Waals surface area contributed by atoms with Crippen LogP contribution in [-0.2, 0) is 11.3 Å². The second-order valence-corrected chi connectivity index (χ2v) is 7.20. The molecule has 0 bridgehead atoms. The summed E-state index contributed by atoms with van der Waals surface area (Å²) < 4.78 is 3.79. The number of fused-ring (bicyclic) bond motifs is 3. The molecular formula is C20H24N4O2. The van der Waals surface area contributed by atoms with E-state index in [2.05, 4.69) is 10.3 Å². The van der Waals surface area contributed by atoms with Gasteiger partial charge in [-0.3, -0.25) is 14.3 Å². The number of hydrogen-bond acceptors (Lipinski definition) is 3. The third-order valence-electron chi connectivity index (χ3n) is 5.26. The molecule has 1 amide bonds. The molecule has 136 valence electrons. The molecule has 3 aromatic rings. The normalized spacial score (nSPS) is 16.0. The Hall–Kier alpha value is -2.63. The molecule has 1 aromatic carbocycles. The van der Waals surface area contributed by atoms with Crippen molar-refractivity contribution >= 4 is 22.5 Å². The van der Waals surface area contributed by atoms with Gasteiger partial charge in [0.25, 0.3) is 5.56 Å². The SMILES string of the molecule is Cc1cc(=O)nc2c3ccccc3n(CC(=O)NC3CCCCCC3)n12. The monoisotopic (exact) mass is 352 g/mol. The average Bonchev–Trinajstić information content (AvgIpc) is 2.76. The van der Waals surface area contributed by atoms with Crippen molar-refractivity contribution in [1.82, 2.24) is 19.5 Å². The first-order chi connectivity index (χ1) is 12.6. The predicted octanol–water partition coefficient (Wildman–Crippen LogP) is 2.80. The Morgan fingerprint density at radius 1 is 1.19 bits per heavy atom. The van der Waals surface area contributed by atoms with Crippen LogP contribution in [0.25, 0.3) is 16.6 Å². The lowest BCUT2D eigenvalue weighted by atomic mass is 10.1. The van der Waals surface area contributed by atoms with Crippen molar-refractivity contribution < 1.29 is 4.79 Å². The smallest absolute Gasteiger partial charge is 0.273 e. The first-order valence-corrected chi connectivity index (χ1v) is 9.41. The van der Waals surface area contributed by atoms with Gasteiger partial charge in [0.15, 0.2) is 5.65 Å². The van der Waals surface area contributed by atoms with E-state index in [1.165, 1.54) is 31.7 Å². The first kappa shape index (κ1) is 16.8. The molecule has 4 rings (SSSR count). The number of carbonyl (C=O) groups excluding carboxylic acids is 1. The zero-order valence-corrected chi connectivity index (χ0v) is 15.1. The van der Waals surface area contributed by atoms with E-state index in [-0.39, 0.29) is 24.1 Å². The molecule has 1 saturated carbocycles. The number of para-hydroxylation sites is 1. The van der Waals surface area contributed by atoms with Gasteiger partial charge in [-0.15, -0.1) is 0 Å². The Balaban J connectivity index is 1.70. The van der Waals surface area contributed by atoms with Crippen LogP contribution in [0.1, 0.15) is 44.2 Å². The van der Waals surface area contributed by atoms with Crippen LogP contribution in [0.4, 0.5) is 0 Å². The summed E-state index contributed by atoms with van der Waals surface area (Å²) in [6.45, 7) is 2.08. The van der Waals surface area contributed by atoms with E-state index in [1.54, 1.807) is 0 Å². The zero-order valence-electron chi connectivity index (χ0n) is 15.1. The van der Waals surface area contributed by atoms with Crippen molar-refractivity contribution in [2.45, 2.75) is 58.0 Å². The van der Waals surface area contributed by atoms with Gasteiger partial charge in [0, 0.05) is 23.2 Å². The maximum absolute atomic E-state index is 12.7. The molecule has 6 nitrogen and oxygen atoms in total. The van der Waals surface area contributed by atoms with Gasteiger partial charge in [-0.1, -0.05) is 37.8 Å². The number of nitrogens with zero attached hydrogens (tertiary/aromatic N) is 3. The summed E-state index contributed by atoms with van der Waals surface area (Å²) in [5.41, 5.74) is 2.03. The van der Waals surface area contributed by atoms with Crippen molar-refractivity contribution in [3.8, 4) is 0 Å². The number of aryl methyl sites for hydroxylation is 1. The van der Waals surface area contributed by atoms with Gasteiger partial charge >= 0.3 is 0 Å². The second-order valence-electron chi connectivity index (χ2n) is 7.20. The summed E-state index contributed by atoms with van der Waals surface area (Å²) in [7, 11) is 0. The van der Waals surface area contributed by atoms with Crippen LogP contribution in [-0.4, -0.2) is 26.1 Å². The molecule has 1 aliphatic carbocycles. The standard InChI is InChI=1S/C20H24N4O2/c1-14-12-18(25)22-20-16-10-6-7-11-17(16)23(24(14)20)13-19(26)21-15-8-4-2-3-5-9-15/h6-7,10-12,15H,2-5,8-9,13H2,1H3,(H,21,26). The van der Waals surface area contributed by atoms with Gasteiger partial charge in [0.05, 0.1) is 5.52 Å². The fourth-order valence-corrected chi connectivity index (χ4v) is 4.05. The predicted molar refractivity (Wildman–Crippen MR) is 101 cm³/mol. The first-order valence-electron chi connectivity index (χ1n) is 9.41. The van der Waals surface area contributed by atoms with E-state index in [4.69, 9.17) is 0 Å². The van der Waals surface area contributed by atoms with Gasteiger partial charge in [-0.05, 0) is 31.9 Å². The summed E-state index contributed by atoms with van der Waals surface area (Å²) in [5, 5.41) is 4.09. The van der Waals surface area contributed by atoms with Crippen molar-refractivity contribution in [1.29, 1.82) is 0 Å². The minimum absolute atomic E-state index is 0.0117. The molecule has 0 spiro atoms. The van der Waals surface area contributed by atoms with E-state index in [0.29, 0.717) is 5.65 Å². The topological polar surface area (TPSA) is 68.4 Å². The molecule has 1 aliphatic rings. The molecule has 0 aliphatic heterocycles. The molecule has 0 unspecified atom stereocenters. The molecule has 1 N–H and O–H groups in total. The third kappa shape index (κ3) is 3.11. The summed E-state index contributed by atoms with van der Waals surface area (Å²) in [5.74, 6) is 0.0117. The molecule has 1 fully saturated rings. The average molecular weight is 352 g/mol. The highest BCUT2D eigenvalue weighted by molar-refractivity contribution is 5.93. The van der Waals surface area contributed by atoms with Crippen LogP contribution < -0.4 is 10.9 Å². The summed E-state index contributed by atoms with van der Waals surface area (Å²) in [6.07, 6.45) is 7.02. The summed E-state index contributed by atoms with van der Waals surface area (Å²) >= 11 is 0. The number of aromatic nitrogens is 3. The Bertz CT molecular complexity index is 1010. The van der Waals surface area contributed by atoms with Crippen LogP contribution in [0.5, 0.6) is 0 Å². The van der Waals surface area contributed by atoms with Gasteiger partial charge in [0.1, 0.15) is 6.54 Å². The van der Waals surface area contributed by atoms with Gasteiger partial charge < -0.3 is 5.32 Å². The lowest BCUT2D eigenvalue weighted by molar-refractivity contribution is -0.122. The number of carbonyl (C=O) groups is 1. The quantitative estimate of drug-likeness (QED) is 0.737. The van der Waals surface area contributed by atoms with E-state index < -0.39 is 0 Å². The highest BCUT2D eigenvalue weighted by Crippen LogP contribution is 2.22. The maximum atomic E-state index is 12.7. The molecule has 26 heavy (non-hydrogen) atoms. The Morgan fingerprint density at radius 2 is 1.92 bits per heavy atom. The summed E-state index contributed by atoms with van der Waals surface area (Å²) in [4.78, 5) is 28.8. The van der Waals surface area contributed by atoms with E-state index in [0.717, 1.165) is 29.4 Å². The van der Waals surface area contributed by atoms with E-state index in [1.807, 2.05) is 40.4 Å². The van der Waals surface area contributed by atoms with E-state index >= 15 is 0 Å². The molecule has 0 atom stereocenters. The van der Waals surface area contributed by atoms with Gasteiger partial charge in [-0.2, -0.15) is 4.98 Å². The van der Waals surface area contributed by atoms with Crippen molar-refractivity contribution in [2.75, 3.05) is 0 Å². The number of rotatable bonds is 3. The molecule has 2 heterocycles. The number of amides is 1. The molecular weight excluding hydrogens is 328 g/mol. The third-order valence-corrected chi connectivity index (χ3v) is 5.26. The van der Waals surface area contributed by atoms with Crippen LogP contribution in [0.2, 0.25) is 0 Å². The number of nitrogens with one attached hydrogen (secondary N) is 1. The lowest BCUT2D eigenvalue weighted by Gasteiger charge is -2.17. The Morgan fingerprint density at radius 3 is 2.69 bits per heavy atom. The van der Waals surface area contributed by atoms with Crippen molar-refractivity contribution in [2.24, 2.45) is 0 Å². The zero-order chi connectivity index (χ0) is 18.1. The molecule has 2 aromatic heterocycles. The second kappa shape index (κ2) is 6.94. The van der Waals surface area contributed by atoms with Crippen molar-refractivity contribution in [3.05, 3.63) is 46.4 Å². The fourth-order valence-electron chi connectivity index (χ4n) is 4.05. The Labute approximate surface area is 151 Å². The maximum Gasteiger partial charge on any atom is 0.273 e. The van der Waals surface area contributed by atoms with Crippen molar-refractivity contribution in [3.63, 3.8) is 0 Å². The van der Waals surface area contributed by atoms with Crippen LogP contribution in [0.3, 0.4) is 0 Å². The molecule has 0 saturated heterocycles. The van der Waals surface area contributed by atoms with Crippen LogP contribution >= 0.6 is 0 Å². The van der Waals surface area contributed by atoms with Crippen LogP contribution in [0.15, 0.2) is 35.1 Å². The molecule has 6 heteroatoms. The summed E-state index contributed by atoms with van der Waals surface area (Å²) in [6, 6.07) is 9.55. The largest absolute Gasteiger partial charge is 0.352 e. The lowest BCUT2D eigenvalue weighted by Crippen LogP contribution is -2.37. The minimum atomic E-state index is -0.256. The number of benzene rings is 1.